The fraction of sp³-hybridized carbons (Fsp3) is 0.250. The second kappa shape index (κ2) is 4.64. The van der Waals surface area contributed by atoms with Crippen molar-refractivity contribution in [2.75, 3.05) is 24.3 Å². The fourth-order valence-corrected chi connectivity index (χ4v) is 1.25. The van der Waals surface area contributed by atoms with Gasteiger partial charge in [0.05, 0.1) is 0 Å². The van der Waals surface area contributed by atoms with Gasteiger partial charge in [-0.05, 0) is 36.8 Å². The van der Waals surface area contributed by atoms with Crippen molar-refractivity contribution in [3.8, 4) is 0 Å². The Hall–Kier alpha value is -1.77. The molecule has 1 amide bonds. The number of carbonyl (C=O) groups excluding carboxylic acids is 1. The molecule has 0 aliphatic heterocycles. The molecule has 3 heteroatoms. The molecule has 0 saturated heterocycles. The Morgan fingerprint density at radius 3 is 2.60 bits per heavy atom. The molecular formula is C12H16N2O. The highest BCUT2D eigenvalue weighted by molar-refractivity contribution is 5.99. The molecule has 0 atom stereocenters. The predicted octanol–water partition coefficient (Wildman–Crippen LogP) is 2.19. The summed E-state index contributed by atoms with van der Waals surface area (Å²) in [6.45, 7) is 5.38. The lowest BCUT2D eigenvalue weighted by atomic mass is 10.1. The van der Waals surface area contributed by atoms with Crippen molar-refractivity contribution >= 4 is 17.3 Å². The SMILES string of the molecule is C=CC(=O)Nc1ccc(N(C)C)cc1C. The minimum atomic E-state index is -0.185. The number of carbonyl (C=O) groups is 1. The van der Waals surface area contributed by atoms with Crippen molar-refractivity contribution in [1.29, 1.82) is 0 Å². The Morgan fingerprint density at radius 1 is 1.47 bits per heavy atom. The van der Waals surface area contributed by atoms with Gasteiger partial charge in [0.1, 0.15) is 0 Å². The molecule has 1 N–H and O–H groups in total. The molecule has 0 bridgehead atoms. The molecule has 0 spiro atoms. The number of rotatable bonds is 3. The number of amides is 1. The molecule has 0 saturated carbocycles. The van der Waals surface area contributed by atoms with E-state index in [0.717, 1.165) is 16.9 Å². The maximum atomic E-state index is 11.1. The van der Waals surface area contributed by atoms with Gasteiger partial charge < -0.3 is 10.2 Å². The summed E-state index contributed by atoms with van der Waals surface area (Å²) < 4.78 is 0. The van der Waals surface area contributed by atoms with Gasteiger partial charge in [-0.3, -0.25) is 4.79 Å². The highest BCUT2D eigenvalue weighted by Crippen LogP contribution is 2.21. The summed E-state index contributed by atoms with van der Waals surface area (Å²) in [7, 11) is 3.97. The fourth-order valence-electron chi connectivity index (χ4n) is 1.25. The van der Waals surface area contributed by atoms with Gasteiger partial charge in [0, 0.05) is 25.5 Å². The number of nitrogens with zero attached hydrogens (tertiary/aromatic N) is 1. The molecule has 1 aromatic carbocycles. The molecule has 0 fully saturated rings. The van der Waals surface area contributed by atoms with Crippen molar-refractivity contribution in [3.63, 3.8) is 0 Å². The van der Waals surface area contributed by atoms with Crippen LogP contribution in [0.4, 0.5) is 11.4 Å². The quantitative estimate of drug-likeness (QED) is 0.765. The van der Waals surface area contributed by atoms with Gasteiger partial charge in [-0.15, -0.1) is 0 Å². The van der Waals surface area contributed by atoms with Crippen LogP contribution in [0.1, 0.15) is 5.56 Å². The normalized spacial score (nSPS) is 9.53. The van der Waals surface area contributed by atoms with Crippen LogP contribution in [0, 0.1) is 6.92 Å². The van der Waals surface area contributed by atoms with Crippen LogP contribution in [0.5, 0.6) is 0 Å². The Kier molecular flexibility index (Phi) is 3.50. The molecule has 3 nitrogen and oxygen atoms in total. The molecule has 15 heavy (non-hydrogen) atoms. The molecule has 0 radical (unpaired) electrons. The largest absolute Gasteiger partial charge is 0.378 e. The number of nitrogens with one attached hydrogen (secondary N) is 1. The van der Waals surface area contributed by atoms with Gasteiger partial charge >= 0.3 is 0 Å². The zero-order chi connectivity index (χ0) is 11.4. The molecule has 80 valence electrons. The summed E-state index contributed by atoms with van der Waals surface area (Å²) in [5.41, 5.74) is 2.98. The average molecular weight is 204 g/mol. The van der Waals surface area contributed by atoms with Crippen LogP contribution in [-0.2, 0) is 4.79 Å². The summed E-state index contributed by atoms with van der Waals surface area (Å²) in [5, 5.41) is 2.75. The van der Waals surface area contributed by atoms with E-state index >= 15 is 0 Å². The van der Waals surface area contributed by atoms with Crippen molar-refractivity contribution in [1.82, 2.24) is 0 Å². The third kappa shape index (κ3) is 2.84. The molecule has 0 aliphatic rings. The lowest BCUT2D eigenvalue weighted by molar-refractivity contribution is -0.111. The number of aryl methyl sites for hydroxylation is 1. The zero-order valence-corrected chi connectivity index (χ0v) is 9.37. The molecule has 0 aliphatic carbocycles. The van der Waals surface area contributed by atoms with Crippen LogP contribution >= 0.6 is 0 Å². The van der Waals surface area contributed by atoms with E-state index in [2.05, 4.69) is 11.9 Å². The average Bonchev–Trinajstić information content (AvgIpc) is 2.20. The topological polar surface area (TPSA) is 32.3 Å². The lowest BCUT2D eigenvalue weighted by Gasteiger charge is -2.15. The van der Waals surface area contributed by atoms with E-state index in [1.165, 1.54) is 6.08 Å². The third-order valence-corrected chi connectivity index (χ3v) is 2.17. The molecule has 0 heterocycles. The van der Waals surface area contributed by atoms with Gasteiger partial charge in [0.25, 0.3) is 0 Å². The minimum absolute atomic E-state index is 0.185. The summed E-state index contributed by atoms with van der Waals surface area (Å²) in [5.74, 6) is -0.185. The van der Waals surface area contributed by atoms with Gasteiger partial charge in [0.15, 0.2) is 0 Å². The molecule has 0 aromatic heterocycles. The molecular weight excluding hydrogens is 188 g/mol. The summed E-state index contributed by atoms with van der Waals surface area (Å²) >= 11 is 0. The predicted molar refractivity (Wildman–Crippen MR) is 64.3 cm³/mol. The van der Waals surface area contributed by atoms with Crippen molar-refractivity contribution in [2.24, 2.45) is 0 Å². The van der Waals surface area contributed by atoms with Crippen LogP contribution in [0.2, 0.25) is 0 Å². The maximum absolute atomic E-state index is 11.1. The minimum Gasteiger partial charge on any atom is -0.378 e. The van der Waals surface area contributed by atoms with Crippen molar-refractivity contribution in [2.45, 2.75) is 6.92 Å². The summed E-state index contributed by atoms with van der Waals surface area (Å²) in [6, 6.07) is 5.89. The van der Waals surface area contributed by atoms with E-state index in [1.807, 2.05) is 44.1 Å². The number of hydrogen-bond donors (Lipinski definition) is 1. The first-order chi connectivity index (χ1) is 7.04. The molecule has 0 unspecified atom stereocenters. The van der Waals surface area contributed by atoms with E-state index in [-0.39, 0.29) is 5.91 Å². The highest BCUT2D eigenvalue weighted by atomic mass is 16.1. The van der Waals surface area contributed by atoms with Crippen LogP contribution in [0.15, 0.2) is 30.9 Å². The smallest absolute Gasteiger partial charge is 0.247 e. The van der Waals surface area contributed by atoms with E-state index < -0.39 is 0 Å². The van der Waals surface area contributed by atoms with Crippen LogP contribution in [-0.4, -0.2) is 20.0 Å². The number of anilines is 2. The second-order valence-corrected chi connectivity index (χ2v) is 3.59. The maximum Gasteiger partial charge on any atom is 0.247 e. The summed E-state index contributed by atoms with van der Waals surface area (Å²) in [4.78, 5) is 13.1. The first kappa shape index (κ1) is 11.3. The zero-order valence-electron chi connectivity index (χ0n) is 9.37. The molecule has 1 rings (SSSR count). The lowest BCUT2D eigenvalue weighted by Crippen LogP contribution is -2.11. The Bertz CT molecular complexity index is 383. The molecule has 1 aromatic rings. The van der Waals surface area contributed by atoms with Crippen molar-refractivity contribution in [3.05, 3.63) is 36.4 Å². The van der Waals surface area contributed by atoms with E-state index in [4.69, 9.17) is 0 Å². The monoisotopic (exact) mass is 204 g/mol. The van der Waals surface area contributed by atoms with Crippen LogP contribution in [0.3, 0.4) is 0 Å². The first-order valence-corrected chi connectivity index (χ1v) is 4.76. The van der Waals surface area contributed by atoms with E-state index in [0.29, 0.717) is 0 Å². The van der Waals surface area contributed by atoms with Crippen LogP contribution in [0.25, 0.3) is 0 Å². The Balaban J connectivity index is 2.93. The second-order valence-electron chi connectivity index (χ2n) is 3.59. The van der Waals surface area contributed by atoms with Gasteiger partial charge in [-0.2, -0.15) is 0 Å². The van der Waals surface area contributed by atoms with Gasteiger partial charge in [-0.1, -0.05) is 6.58 Å². The van der Waals surface area contributed by atoms with E-state index in [1.54, 1.807) is 0 Å². The van der Waals surface area contributed by atoms with Gasteiger partial charge in [0.2, 0.25) is 5.91 Å². The van der Waals surface area contributed by atoms with Gasteiger partial charge in [-0.25, -0.2) is 0 Å². The highest BCUT2D eigenvalue weighted by Gasteiger charge is 2.03. The Morgan fingerprint density at radius 2 is 2.13 bits per heavy atom. The van der Waals surface area contributed by atoms with E-state index in [9.17, 15) is 4.79 Å². The van der Waals surface area contributed by atoms with Crippen molar-refractivity contribution < 1.29 is 4.79 Å². The third-order valence-electron chi connectivity index (χ3n) is 2.17. The number of benzene rings is 1. The first-order valence-electron chi connectivity index (χ1n) is 4.76. The standard InChI is InChI=1S/C12H16N2O/c1-5-12(15)13-11-7-6-10(14(3)4)8-9(11)2/h5-8H,1H2,2-4H3,(H,13,15). The number of hydrogen-bond acceptors (Lipinski definition) is 2. The summed E-state index contributed by atoms with van der Waals surface area (Å²) in [6.07, 6.45) is 1.26. The Labute approximate surface area is 90.4 Å². The van der Waals surface area contributed by atoms with Crippen LogP contribution < -0.4 is 10.2 Å².